The van der Waals surface area contributed by atoms with E-state index in [1.165, 1.54) is 6.47 Å². The summed E-state index contributed by atoms with van der Waals surface area (Å²) in [6.45, 7) is 0.976. The van der Waals surface area contributed by atoms with Crippen LogP contribution in [0.4, 0.5) is 5.95 Å². The number of amides is 1. The molecule has 0 fully saturated rings. The van der Waals surface area contributed by atoms with Crippen LogP contribution in [0.3, 0.4) is 0 Å². The Balaban J connectivity index is 0.00000272. The van der Waals surface area contributed by atoms with E-state index in [1.807, 2.05) is 0 Å². The van der Waals surface area contributed by atoms with Gasteiger partial charge in [-0.3, -0.25) is 14.6 Å². The number of H-pyrrole nitrogens is 2. The first-order chi connectivity index (χ1) is 14.9. The second-order valence-corrected chi connectivity index (χ2v) is 6.75. The molecule has 162 valence electrons. The van der Waals surface area contributed by atoms with Gasteiger partial charge in [0.1, 0.15) is 5.65 Å². The van der Waals surface area contributed by atoms with E-state index in [2.05, 4.69) is 25.0 Å². The molecular weight excluding hydrogens is 452 g/mol. The molecule has 1 atom stereocenters. The number of nitrogens with one attached hydrogen (secondary N) is 3. The number of aryl methyl sites for hydroxylation is 2. The summed E-state index contributed by atoms with van der Waals surface area (Å²) in [6.07, 6.45) is 2.73. The summed E-state index contributed by atoms with van der Waals surface area (Å²) in [6, 6.07) is 5.31. The largest absolute Gasteiger partial charge is 1.00 e. The SMILES string of the molecule is Nc1nc2[nH]cc(CCc3ccc(C(=O)N[C@@H](CCO[C-]=O)C(=O)[O-])cc3)c2c(=O)[nH]1.[Na+].[Na+]. The normalized spacial score (nSPS) is 11.0. The van der Waals surface area contributed by atoms with Crippen molar-refractivity contribution < 1.29 is 83.3 Å². The minimum Gasteiger partial charge on any atom is -0.653 e. The average molecular weight is 471 g/mol. The van der Waals surface area contributed by atoms with Crippen LogP contribution in [0.5, 0.6) is 0 Å². The van der Waals surface area contributed by atoms with Gasteiger partial charge in [0, 0.05) is 18.2 Å². The first-order valence-corrected chi connectivity index (χ1v) is 9.34. The van der Waals surface area contributed by atoms with Gasteiger partial charge in [-0.2, -0.15) is 4.98 Å². The molecule has 0 radical (unpaired) electrons. The molecule has 0 aliphatic heterocycles. The van der Waals surface area contributed by atoms with Crippen molar-refractivity contribution in [1.82, 2.24) is 20.3 Å². The van der Waals surface area contributed by atoms with Crippen LogP contribution in [0.15, 0.2) is 35.3 Å². The standard InChI is InChI=1S/C20H20N5O6.2Na/c21-20-24-16-15(18(28)25-20)13(9-22-16)6-3-11-1-4-12(5-2-11)17(27)23-14(19(29)30)7-8-31-10-26;;/h1-2,4-5,9,14H,3,6-8H2,(H,23,27)(H,29,30)(H4,21,22,24,25,28);;/q-1;2*+1/p-1/t14-;;/m0../s1. The summed E-state index contributed by atoms with van der Waals surface area (Å²) in [4.78, 5) is 55.0. The Kier molecular flexibility index (Phi) is 11.8. The smallest absolute Gasteiger partial charge is 0.653 e. The Morgan fingerprint density at radius 2 is 1.91 bits per heavy atom. The molecule has 0 saturated carbocycles. The van der Waals surface area contributed by atoms with Crippen molar-refractivity contribution in [1.29, 1.82) is 0 Å². The molecule has 0 aliphatic rings. The van der Waals surface area contributed by atoms with Crippen molar-refractivity contribution >= 4 is 35.3 Å². The van der Waals surface area contributed by atoms with Gasteiger partial charge in [0.15, 0.2) is 0 Å². The summed E-state index contributed by atoms with van der Waals surface area (Å²) < 4.78 is 4.33. The maximum Gasteiger partial charge on any atom is 1.00 e. The number of carbonyl (C=O) groups is 2. The number of fused-ring (bicyclic) bond motifs is 1. The van der Waals surface area contributed by atoms with Crippen molar-refractivity contribution in [2.24, 2.45) is 0 Å². The topological polar surface area (TPSA) is 183 Å². The summed E-state index contributed by atoms with van der Waals surface area (Å²) in [5, 5.41) is 13.9. The second-order valence-electron chi connectivity index (χ2n) is 6.75. The molecule has 0 bridgehead atoms. The third-order valence-corrected chi connectivity index (χ3v) is 4.70. The number of aliphatic carboxylic acids is 1. The van der Waals surface area contributed by atoms with E-state index in [-0.39, 0.29) is 89.2 Å². The Labute approximate surface area is 232 Å². The number of hydrogen-bond donors (Lipinski definition) is 4. The third kappa shape index (κ3) is 7.70. The molecule has 2 aromatic heterocycles. The number of carboxylic acids is 1. The van der Waals surface area contributed by atoms with E-state index in [9.17, 15) is 24.3 Å². The number of anilines is 1. The molecule has 13 heteroatoms. The summed E-state index contributed by atoms with van der Waals surface area (Å²) in [7, 11) is 0. The molecule has 3 aromatic rings. The predicted octanol–water partition coefficient (Wildman–Crippen LogP) is -7.05. The molecule has 0 aliphatic carbocycles. The number of carbonyl (C=O) groups excluding carboxylic acids is 3. The van der Waals surface area contributed by atoms with Crippen molar-refractivity contribution in [2.75, 3.05) is 12.3 Å². The molecule has 0 saturated heterocycles. The maximum atomic E-state index is 12.3. The Morgan fingerprint density at radius 1 is 1.21 bits per heavy atom. The average Bonchev–Trinajstić information content (AvgIpc) is 3.15. The van der Waals surface area contributed by atoms with Crippen molar-refractivity contribution in [3.05, 3.63) is 57.5 Å². The van der Waals surface area contributed by atoms with Crippen LogP contribution in [-0.2, 0) is 27.2 Å². The van der Waals surface area contributed by atoms with Crippen LogP contribution >= 0.6 is 0 Å². The van der Waals surface area contributed by atoms with Crippen LogP contribution in [0.25, 0.3) is 11.0 Å². The van der Waals surface area contributed by atoms with Crippen LogP contribution in [0, 0.1) is 0 Å². The molecule has 1 amide bonds. The molecule has 0 spiro atoms. The van der Waals surface area contributed by atoms with E-state index in [4.69, 9.17) is 5.73 Å². The molecule has 5 N–H and O–H groups in total. The molecular formula is C20H19N5Na2O6. The monoisotopic (exact) mass is 471 g/mol. The fraction of sp³-hybridized carbons (Fsp3) is 0.250. The van der Waals surface area contributed by atoms with Crippen LogP contribution < -0.4 is 80.8 Å². The number of benzene rings is 1. The zero-order valence-electron chi connectivity index (χ0n) is 18.3. The van der Waals surface area contributed by atoms with E-state index < -0.39 is 17.9 Å². The van der Waals surface area contributed by atoms with Crippen molar-refractivity contribution in [3.8, 4) is 0 Å². The van der Waals surface area contributed by atoms with Gasteiger partial charge in [0.05, 0.1) is 24.0 Å². The molecule has 3 rings (SSSR count). The Hall–Kier alpha value is -2.15. The molecule has 11 nitrogen and oxygen atoms in total. The van der Waals surface area contributed by atoms with E-state index in [1.54, 1.807) is 30.5 Å². The summed E-state index contributed by atoms with van der Waals surface area (Å²) in [5.41, 5.74) is 7.61. The number of nitrogen functional groups attached to an aromatic ring is 1. The zero-order valence-corrected chi connectivity index (χ0v) is 22.3. The number of aromatic nitrogens is 3. The number of rotatable bonds is 10. The van der Waals surface area contributed by atoms with E-state index in [0.717, 1.165) is 11.1 Å². The number of hydrogen-bond acceptors (Lipinski definition) is 8. The minimum atomic E-state index is -1.48. The Bertz CT molecular complexity index is 1160. The first kappa shape index (κ1) is 28.9. The molecule has 0 unspecified atom stereocenters. The molecule has 1 aromatic carbocycles. The fourth-order valence-electron chi connectivity index (χ4n) is 3.13. The van der Waals surface area contributed by atoms with Crippen LogP contribution in [-0.4, -0.2) is 45.9 Å². The van der Waals surface area contributed by atoms with Gasteiger partial charge in [0.25, 0.3) is 11.5 Å². The third-order valence-electron chi connectivity index (χ3n) is 4.70. The number of aromatic amines is 2. The summed E-state index contributed by atoms with van der Waals surface area (Å²) in [5.74, 6) is -2.04. The number of nitrogens with zero attached hydrogens (tertiary/aromatic N) is 1. The van der Waals surface area contributed by atoms with Gasteiger partial charge in [-0.15, -0.1) is 0 Å². The fourth-order valence-corrected chi connectivity index (χ4v) is 3.13. The number of ether oxygens (including phenoxy) is 1. The summed E-state index contributed by atoms with van der Waals surface area (Å²) >= 11 is 0. The Morgan fingerprint density at radius 3 is 2.55 bits per heavy atom. The van der Waals surface area contributed by atoms with Gasteiger partial charge in [-0.25, -0.2) is 0 Å². The van der Waals surface area contributed by atoms with E-state index >= 15 is 0 Å². The minimum absolute atomic E-state index is 0. The van der Waals surface area contributed by atoms with Gasteiger partial charge in [-0.1, -0.05) is 18.6 Å². The molecule has 33 heavy (non-hydrogen) atoms. The second kappa shape index (κ2) is 13.5. The van der Waals surface area contributed by atoms with Gasteiger partial charge in [0.2, 0.25) is 5.95 Å². The van der Waals surface area contributed by atoms with Gasteiger partial charge in [-0.05, 0) is 36.1 Å². The number of carboxylic acid groups (broad SMARTS) is 1. The molecule has 2 heterocycles. The zero-order chi connectivity index (χ0) is 22.4. The number of nitrogens with two attached hydrogens (primary N) is 1. The van der Waals surface area contributed by atoms with Crippen molar-refractivity contribution in [2.45, 2.75) is 25.3 Å². The van der Waals surface area contributed by atoms with Crippen molar-refractivity contribution in [3.63, 3.8) is 0 Å². The quantitative estimate of drug-likeness (QED) is 0.128. The van der Waals surface area contributed by atoms with Gasteiger partial charge >= 0.3 is 59.1 Å². The van der Waals surface area contributed by atoms with Crippen LogP contribution in [0.2, 0.25) is 0 Å². The maximum absolute atomic E-state index is 12.3. The van der Waals surface area contributed by atoms with Crippen LogP contribution in [0.1, 0.15) is 27.9 Å². The predicted molar refractivity (Wildman–Crippen MR) is 108 cm³/mol. The first-order valence-electron chi connectivity index (χ1n) is 9.34. The van der Waals surface area contributed by atoms with Gasteiger partial charge < -0.3 is 35.5 Å². The van der Waals surface area contributed by atoms with E-state index in [0.29, 0.717) is 23.9 Å².